The lowest BCUT2D eigenvalue weighted by Crippen LogP contribution is -2.15. The molecular formula is C13H12F3N3OS. The monoisotopic (exact) mass is 315 g/mol. The standard InChI is InChI=1S/C13H12F3N3OS/c14-13(15,16)12-19-10(7-21-12)8-1-3-9(4-2-8)18-11(20)5-6-17/h1-4,7H,5-6,17H2,(H,18,20). The van der Waals surface area contributed by atoms with E-state index in [0.29, 0.717) is 22.6 Å². The minimum atomic E-state index is -4.43. The second kappa shape index (κ2) is 6.23. The van der Waals surface area contributed by atoms with Gasteiger partial charge in [0.05, 0.1) is 5.69 Å². The van der Waals surface area contributed by atoms with Gasteiger partial charge in [-0.2, -0.15) is 13.2 Å². The molecule has 0 radical (unpaired) electrons. The highest BCUT2D eigenvalue weighted by atomic mass is 32.1. The van der Waals surface area contributed by atoms with Crippen molar-refractivity contribution in [1.29, 1.82) is 0 Å². The van der Waals surface area contributed by atoms with Crippen molar-refractivity contribution < 1.29 is 18.0 Å². The largest absolute Gasteiger partial charge is 0.443 e. The number of nitrogens with zero attached hydrogens (tertiary/aromatic N) is 1. The van der Waals surface area contributed by atoms with Gasteiger partial charge in [0.25, 0.3) is 0 Å². The first-order valence-electron chi connectivity index (χ1n) is 6.03. The van der Waals surface area contributed by atoms with Crippen LogP contribution in [-0.2, 0) is 11.0 Å². The molecule has 0 aliphatic heterocycles. The fourth-order valence-corrected chi connectivity index (χ4v) is 2.31. The number of alkyl halides is 3. The van der Waals surface area contributed by atoms with E-state index >= 15 is 0 Å². The second-order valence-corrected chi connectivity index (χ2v) is 5.06. The first-order chi connectivity index (χ1) is 9.90. The van der Waals surface area contributed by atoms with Gasteiger partial charge < -0.3 is 11.1 Å². The molecule has 0 unspecified atom stereocenters. The van der Waals surface area contributed by atoms with E-state index in [2.05, 4.69) is 10.3 Å². The predicted molar refractivity (Wildman–Crippen MR) is 74.9 cm³/mol. The van der Waals surface area contributed by atoms with Gasteiger partial charge in [-0.05, 0) is 12.1 Å². The zero-order valence-corrected chi connectivity index (χ0v) is 11.6. The molecule has 112 valence electrons. The number of thiazole rings is 1. The number of rotatable bonds is 4. The lowest BCUT2D eigenvalue weighted by atomic mass is 10.1. The summed E-state index contributed by atoms with van der Waals surface area (Å²) < 4.78 is 37.5. The fourth-order valence-electron chi connectivity index (χ4n) is 1.62. The topological polar surface area (TPSA) is 68.0 Å². The number of amides is 1. The van der Waals surface area contributed by atoms with Crippen LogP contribution in [0.3, 0.4) is 0 Å². The number of anilines is 1. The number of benzene rings is 1. The maximum atomic E-state index is 12.5. The van der Waals surface area contributed by atoms with Gasteiger partial charge in [-0.25, -0.2) is 4.98 Å². The first-order valence-corrected chi connectivity index (χ1v) is 6.91. The van der Waals surface area contributed by atoms with Crippen LogP contribution in [0.4, 0.5) is 18.9 Å². The van der Waals surface area contributed by atoms with Crippen molar-refractivity contribution in [3.05, 3.63) is 34.7 Å². The zero-order chi connectivity index (χ0) is 15.5. The van der Waals surface area contributed by atoms with Crippen LogP contribution < -0.4 is 11.1 Å². The van der Waals surface area contributed by atoms with Crippen molar-refractivity contribution in [3.63, 3.8) is 0 Å². The molecule has 3 N–H and O–H groups in total. The zero-order valence-electron chi connectivity index (χ0n) is 10.8. The molecule has 0 aliphatic carbocycles. The Labute approximate surface area is 122 Å². The van der Waals surface area contributed by atoms with Crippen molar-refractivity contribution in [1.82, 2.24) is 4.98 Å². The molecular weight excluding hydrogens is 303 g/mol. The Kier molecular flexibility index (Phi) is 4.59. The summed E-state index contributed by atoms with van der Waals surface area (Å²) in [5.41, 5.74) is 6.63. The lowest BCUT2D eigenvalue weighted by Gasteiger charge is -2.05. The lowest BCUT2D eigenvalue weighted by molar-refractivity contribution is -0.137. The molecule has 0 saturated heterocycles. The van der Waals surface area contributed by atoms with Gasteiger partial charge in [-0.3, -0.25) is 4.79 Å². The Hall–Kier alpha value is -1.93. The van der Waals surface area contributed by atoms with Crippen LogP contribution in [0.1, 0.15) is 11.4 Å². The number of hydrogen-bond acceptors (Lipinski definition) is 4. The van der Waals surface area contributed by atoms with E-state index in [4.69, 9.17) is 5.73 Å². The molecule has 21 heavy (non-hydrogen) atoms. The average molecular weight is 315 g/mol. The number of hydrogen-bond donors (Lipinski definition) is 2. The summed E-state index contributed by atoms with van der Waals surface area (Å²) in [7, 11) is 0. The van der Waals surface area contributed by atoms with E-state index in [-0.39, 0.29) is 24.6 Å². The number of aromatic nitrogens is 1. The summed E-state index contributed by atoms with van der Waals surface area (Å²) in [4.78, 5) is 14.9. The van der Waals surface area contributed by atoms with Crippen LogP contribution >= 0.6 is 11.3 Å². The Morgan fingerprint density at radius 1 is 1.29 bits per heavy atom. The summed E-state index contributed by atoms with van der Waals surface area (Å²) in [6, 6.07) is 6.42. The van der Waals surface area contributed by atoms with Crippen molar-refractivity contribution in [2.45, 2.75) is 12.6 Å². The Morgan fingerprint density at radius 3 is 2.48 bits per heavy atom. The molecule has 0 saturated carbocycles. The van der Waals surface area contributed by atoms with Crippen molar-refractivity contribution in [2.24, 2.45) is 5.73 Å². The number of carbonyl (C=O) groups excluding carboxylic acids is 1. The minimum Gasteiger partial charge on any atom is -0.330 e. The highest BCUT2D eigenvalue weighted by Gasteiger charge is 2.34. The Balaban J connectivity index is 2.12. The summed E-state index contributed by atoms with van der Waals surface area (Å²) in [6.07, 6.45) is -4.22. The highest BCUT2D eigenvalue weighted by molar-refractivity contribution is 7.10. The fraction of sp³-hybridized carbons (Fsp3) is 0.231. The summed E-state index contributed by atoms with van der Waals surface area (Å²) in [5, 5.41) is 3.11. The smallest absolute Gasteiger partial charge is 0.330 e. The van der Waals surface area contributed by atoms with Crippen LogP contribution in [0.15, 0.2) is 29.6 Å². The number of nitrogens with two attached hydrogens (primary N) is 1. The van der Waals surface area contributed by atoms with E-state index < -0.39 is 11.2 Å². The van der Waals surface area contributed by atoms with Crippen LogP contribution in [0.2, 0.25) is 0 Å². The van der Waals surface area contributed by atoms with Crippen molar-refractivity contribution >= 4 is 22.9 Å². The summed E-state index contributed by atoms with van der Waals surface area (Å²) in [6.45, 7) is 0.253. The molecule has 1 aromatic carbocycles. The van der Waals surface area contributed by atoms with Gasteiger partial charge >= 0.3 is 6.18 Å². The molecule has 1 aromatic heterocycles. The van der Waals surface area contributed by atoms with E-state index in [9.17, 15) is 18.0 Å². The maximum absolute atomic E-state index is 12.5. The maximum Gasteiger partial charge on any atom is 0.443 e. The molecule has 0 fully saturated rings. The van der Waals surface area contributed by atoms with Gasteiger partial charge in [-0.15, -0.1) is 11.3 Å². The molecule has 8 heteroatoms. The van der Waals surface area contributed by atoms with Crippen molar-refractivity contribution in [2.75, 3.05) is 11.9 Å². The molecule has 4 nitrogen and oxygen atoms in total. The van der Waals surface area contributed by atoms with Crippen LogP contribution in [0.25, 0.3) is 11.3 Å². The number of carbonyl (C=O) groups is 1. The van der Waals surface area contributed by atoms with Crippen LogP contribution in [0, 0.1) is 0 Å². The van der Waals surface area contributed by atoms with Gasteiger partial charge in [0.1, 0.15) is 0 Å². The van der Waals surface area contributed by atoms with E-state index in [1.165, 1.54) is 5.38 Å². The third-order valence-corrected chi connectivity index (χ3v) is 3.47. The molecule has 1 amide bonds. The average Bonchev–Trinajstić information content (AvgIpc) is 2.89. The molecule has 0 atom stereocenters. The van der Waals surface area contributed by atoms with Gasteiger partial charge in [0, 0.05) is 29.6 Å². The molecule has 1 heterocycles. The summed E-state index contributed by atoms with van der Waals surface area (Å²) >= 11 is 0.553. The minimum absolute atomic E-state index is 0.210. The van der Waals surface area contributed by atoms with Crippen molar-refractivity contribution in [3.8, 4) is 11.3 Å². The molecule has 0 bridgehead atoms. The van der Waals surface area contributed by atoms with Gasteiger partial charge in [0.2, 0.25) is 5.91 Å². The third-order valence-electron chi connectivity index (χ3n) is 2.58. The molecule has 0 spiro atoms. The quantitative estimate of drug-likeness (QED) is 0.911. The molecule has 0 aliphatic rings. The van der Waals surface area contributed by atoms with E-state index in [0.717, 1.165) is 0 Å². The molecule has 2 rings (SSSR count). The number of nitrogens with one attached hydrogen (secondary N) is 1. The Morgan fingerprint density at radius 2 is 1.95 bits per heavy atom. The van der Waals surface area contributed by atoms with E-state index in [1.54, 1.807) is 24.3 Å². The van der Waals surface area contributed by atoms with Gasteiger partial charge in [-0.1, -0.05) is 12.1 Å². The molecule has 2 aromatic rings. The Bertz CT molecular complexity index is 622. The number of halogens is 3. The predicted octanol–water partition coefficient (Wildman–Crippen LogP) is 3.12. The first kappa shape index (κ1) is 15.5. The summed E-state index contributed by atoms with van der Waals surface area (Å²) in [5.74, 6) is -0.210. The van der Waals surface area contributed by atoms with Crippen LogP contribution in [0.5, 0.6) is 0 Å². The third kappa shape index (κ3) is 4.02. The normalized spacial score (nSPS) is 11.4. The SMILES string of the molecule is NCCC(=O)Nc1ccc(-c2csc(C(F)(F)F)n2)cc1. The highest BCUT2D eigenvalue weighted by Crippen LogP contribution is 2.34. The second-order valence-electron chi connectivity index (χ2n) is 4.20. The van der Waals surface area contributed by atoms with E-state index in [1.807, 2.05) is 0 Å². The van der Waals surface area contributed by atoms with Gasteiger partial charge in [0.15, 0.2) is 5.01 Å². The van der Waals surface area contributed by atoms with Crippen LogP contribution in [-0.4, -0.2) is 17.4 Å².